The van der Waals surface area contributed by atoms with Crippen molar-refractivity contribution in [2.24, 2.45) is 0 Å². The van der Waals surface area contributed by atoms with E-state index in [1.807, 2.05) is 24.0 Å². The molecule has 4 heterocycles. The van der Waals surface area contributed by atoms with Gasteiger partial charge in [-0.05, 0) is 25.5 Å². The molecule has 1 amide bonds. The van der Waals surface area contributed by atoms with E-state index in [9.17, 15) is 4.79 Å². The molecule has 3 saturated heterocycles. The van der Waals surface area contributed by atoms with E-state index in [1.54, 1.807) is 0 Å². The molecule has 7 nitrogen and oxygen atoms in total. The van der Waals surface area contributed by atoms with Gasteiger partial charge in [-0.3, -0.25) is 14.8 Å². The van der Waals surface area contributed by atoms with Crippen molar-refractivity contribution in [2.75, 3.05) is 52.5 Å². The van der Waals surface area contributed by atoms with Crippen molar-refractivity contribution < 1.29 is 14.3 Å². The second-order valence-electron chi connectivity index (χ2n) is 7.45. The largest absolute Gasteiger partial charge is 0.442 e. The molecule has 0 spiro atoms. The van der Waals surface area contributed by atoms with Crippen LogP contribution in [0.4, 0.5) is 4.79 Å². The van der Waals surface area contributed by atoms with Gasteiger partial charge in [0.25, 0.3) is 0 Å². The van der Waals surface area contributed by atoms with Gasteiger partial charge >= 0.3 is 6.09 Å². The fourth-order valence-electron chi connectivity index (χ4n) is 4.17. The minimum absolute atomic E-state index is 0.00399. The first-order valence-electron chi connectivity index (χ1n) is 9.61. The number of morpholine rings is 1. The van der Waals surface area contributed by atoms with Crippen LogP contribution in [0.3, 0.4) is 0 Å². The Balaban J connectivity index is 1.28. The van der Waals surface area contributed by atoms with Gasteiger partial charge in [0, 0.05) is 51.5 Å². The number of nitrogens with zero attached hydrogens (tertiary/aromatic N) is 4. The zero-order valence-corrected chi connectivity index (χ0v) is 15.5. The number of aromatic nitrogens is 1. The number of pyridine rings is 1. The average Bonchev–Trinajstić information content (AvgIpc) is 3.13. The monoisotopic (exact) mass is 360 g/mol. The molecule has 1 aromatic heterocycles. The molecular formula is C19H28N4O3. The Kier molecular flexibility index (Phi) is 5.38. The highest BCUT2D eigenvalue weighted by Crippen LogP contribution is 2.28. The first kappa shape index (κ1) is 17.7. The van der Waals surface area contributed by atoms with E-state index in [4.69, 9.17) is 9.47 Å². The van der Waals surface area contributed by atoms with Crippen molar-refractivity contribution in [1.29, 1.82) is 0 Å². The van der Waals surface area contributed by atoms with E-state index in [0.717, 1.165) is 76.8 Å². The quantitative estimate of drug-likeness (QED) is 0.758. The molecule has 7 heteroatoms. The Morgan fingerprint density at radius 3 is 2.81 bits per heavy atom. The number of fused-ring (bicyclic) bond motifs is 1. The number of aryl methyl sites for hydroxylation is 1. The van der Waals surface area contributed by atoms with E-state index in [2.05, 4.69) is 20.9 Å². The summed E-state index contributed by atoms with van der Waals surface area (Å²) in [5.74, 6) is 0. The summed E-state index contributed by atoms with van der Waals surface area (Å²) in [6, 6.07) is 6.30. The summed E-state index contributed by atoms with van der Waals surface area (Å²) in [5, 5.41) is 0. The molecule has 3 fully saturated rings. The topological polar surface area (TPSA) is 58.1 Å². The first-order chi connectivity index (χ1) is 12.7. The zero-order valence-electron chi connectivity index (χ0n) is 15.5. The van der Waals surface area contributed by atoms with E-state index < -0.39 is 0 Å². The number of hydrogen-bond donors (Lipinski definition) is 0. The Hall–Kier alpha value is -1.70. The maximum atomic E-state index is 12.2. The van der Waals surface area contributed by atoms with Gasteiger partial charge in [0.15, 0.2) is 0 Å². The van der Waals surface area contributed by atoms with Crippen molar-refractivity contribution in [2.45, 2.75) is 32.0 Å². The van der Waals surface area contributed by atoms with Crippen LogP contribution in [0, 0.1) is 6.92 Å². The van der Waals surface area contributed by atoms with Gasteiger partial charge in [-0.15, -0.1) is 0 Å². The normalized spacial score (nSPS) is 27.0. The molecule has 142 valence electrons. The Morgan fingerprint density at radius 1 is 1.15 bits per heavy atom. The van der Waals surface area contributed by atoms with Crippen molar-refractivity contribution in [3.8, 4) is 0 Å². The third-order valence-electron chi connectivity index (χ3n) is 5.51. The summed E-state index contributed by atoms with van der Waals surface area (Å²) < 4.78 is 11.0. The number of carbonyl (C=O) groups is 1. The number of likely N-dealkylation sites (tertiary alicyclic amines) is 1. The lowest BCUT2D eigenvalue weighted by Crippen LogP contribution is -2.41. The molecule has 0 radical (unpaired) electrons. The van der Waals surface area contributed by atoms with Crippen molar-refractivity contribution in [1.82, 2.24) is 19.7 Å². The van der Waals surface area contributed by atoms with Gasteiger partial charge in [0.1, 0.15) is 6.10 Å². The first-order valence-corrected chi connectivity index (χ1v) is 9.61. The minimum Gasteiger partial charge on any atom is -0.442 e. The lowest BCUT2D eigenvalue weighted by Gasteiger charge is -2.28. The van der Waals surface area contributed by atoms with Crippen LogP contribution in [0.5, 0.6) is 0 Å². The lowest BCUT2D eigenvalue weighted by atomic mass is 10.2. The maximum absolute atomic E-state index is 12.2. The average molecular weight is 360 g/mol. The van der Waals surface area contributed by atoms with Crippen molar-refractivity contribution in [3.05, 3.63) is 29.6 Å². The molecule has 0 unspecified atom stereocenters. The minimum atomic E-state index is -0.143. The molecule has 4 rings (SSSR count). The molecule has 1 aromatic rings. The highest BCUT2D eigenvalue weighted by Gasteiger charge is 2.47. The molecule has 0 N–H and O–H groups in total. The van der Waals surface area contributed by atoms with Crippen LogP contribution in [-0.2, 0) is 16.0 Å². The number of amides is 1. The van der Waals surface area contributed by atoms with Gasteiger partial charge in [0.05, 0.1) is 24.9 Å². The number of rotatable bonds is 6. The second-order valence-corrected chi connectivity index (χ2v) is 7.45. The van der Waals surface area contributed by atoms with E-state index in [-0.39, 0.29) is 18.2 Å². The molecular weight excluding hydrogens is 332 g/mol. The van der Waals surface area contributed by atoms with Gasteiger partial charge < -0.3 is 14.4 Å². The molecule has 3 aliphatic rings. The number of ether oxygens (including phenoxy) is 2. The predicted octanol–water partition coefficient (Wildman–Crippen LogP) is 1.12. The summed E-state index contributed by atoms with van der Waals surface area (Å²) in [4.78, 5) is 23.5. The van der Waals surface area contributed by atoms with Crippen LogP contribution in [0.25, 0.3) is 0 Å². The number of carbonyl (C=O) groups excluding carboxylic acids is 1. The number of hydrogen-bond acceptors (Lipinski definition) is 6. The predicted molar refractivity (Wildman–Crippen MR) is 96.9 cm³/mol. The Bertz CT molecular complexity index is 635. The third kappa shape index (κ3) is 4.00. The van der Waals surface area contributed by atoms with Crippen molar-refractivity contribution in [3.63, 3.8) is 0 Å². The molecule has 26 heavy (non-hydrogen) atoms. The SMILES string of the molecule is Cc1cccc(CN2C[C@H]3OC(=O)N(CCCN4CCOCC4)[C@H]3C2)n1. The highest BCUT2D eigenvalue weighted by atomic mass is 16.6. The van der Waals surface area contributed by atoms with Gasteiger partial charge in [-0.2, -0.15) is 0 Å². The van der Waals surface area contributed by atoms with Crippen LogP contribution < -0.4 is 0 Å². The fourth-order valence-corrected chi connectivity index (χ4v) is 4.17. The summed E-state index contributed by atoms with van der Waals surface area (Å²) >= 11 is 0. The van der Waals surface area contributed by atoms with Gasteiger partial charge in [-0.25, -0.2) is 4.79 Å². The van der Waals surface area contributed by atoms with Crippen LogP contribution in [0.1, 0.15) is 17.8 Å². The van der Waals surface area contributed by atoms with Crippen LogP contribution in [-0.4, -0.2) is 90.4 Å². The Morgan fingerprint density at radius 2 is 2.00 bits per heavy atom. The fraction of sp³-hybridized carbons (Fsp3) is 0.684. The second kappa shape index (κ2) is 7.90. The van der Waals surface area contributed by atoms with Crippen molar-refractivity contribution >= 4 is 6.09 Å². The van der Waals surface area contributed by atoms with Crippen LogP contribution >= 0.6 is 0 Å². The highest BCUT2D eigenvalue weighted by molar-refractivity contribution is 5.71. The maximum Gasteiger partial charge on any atom is 0.410 e. The molecule has 0 aromatic carbocycles. The van der Waals surface area contributed by atoms with E-state index in [0.29, 0.717) is 0 Å². The molecule has 0 aliphatic carbocycles. The molecule has 0 bridgehead atoms. The standard InChI is InChI=1S/C19H28N4O3/c1-15-4-2-5-16(20-15)12-22-13-17-18(14-22)26-19(24)23(17)7-3-6-21-8-10-25-11-9-21/h2,4-5,17-18H,3,6-14H2,1H3/t17-,18+/m0/s1. The lowest BCUT2D eigenvalue weighted by molar-refractivity contribution is 0.0362. The van der Waals surface area contributed by atoms with Crippen LogP contribution in [0.2, 0.25) is 0 Å². The summed E-state index contributed by atoms with van der Waals surface area (Å²) in [6.45, 7) is 9.90. The van der Waals surface area contributed by atoms with E-state index in [1.165, 1.54) is 0 Å². The summed E-state index contributed by atoms with van der Waals surface area (Å²) in [5.41, 5.74) is 2.12. The Labute approximate surface area is 154 Å². The van der Waals surface area contributed by atoms with Gasteiger partial charge in [0.2, 0.25) is 0 Å². The molecule has 2 atom stereocenters. The molecule has 0 saturated carbocycles. The molecule has 3 aliphatic heterocycles. The zero-order chi connectivity index (χ0) is 17.9. The van der Waals surface area contributed by atoms with Crippen LogP contribution in [0.15, 0.2) is 18.2 Å². The smallest absolute Gasteiger partial charge is 0.410 e. The summed E-state index contributed by atoms with van der Waals surface area (Å²) in [7, 11) is 0. The summed E-state index contributed by atoms with van der Waals surface area (Å²) in [6.07, 6.45) is 0.837. The third-order valence-corrected chi connectivity index (χ3v) is 5.51. The van der Waals surface area contributed by atoms with Gasteiger partial charge in [-0.1, -0.05) is 6.07 Å². The van der Waals surface area contributed by atoms with E-state index >= 15 is 0 Å².